The number of benzene rings is 1. The van der Waals surface area contributed by atoms with Crippen molar-refractivity contribution in [3.8, 4) is 5.75 Å². The summed E-state index contributed by atoms with van der Waals surface area (Å²) in [6.45, 7) is 6.01. The van der Waals surface area contributed by atoms with E-state index in [9.17, 15) is 9.59 Å². The minimum Gasteiger partial charge on any atom is -0.496 e. The Hall–Kier alpha value is -2.90. The predicted molar refractivity (Wildman–Crippen MR) is 113 cm³/mol. The topological polar surface area (TPSA) is 89.4 Å². The van der Waals surface area contributed by atoms with Crippen LogP contribution in [0.2, 0.25) is 0 Å². The summed E-state index contributed by atoms with van der Waals surface area (Å²) >= 11 is 0. The van der Waals surface area contributed by atoms with Crippen molar-refractivity contribution >= 4 is 11.8 Å². The number of rotatable bonds is 8. The van der Waals surface area contributed by atoms with Crippen molar-refractivity contribution in [1.82, 2.24) is 25.2 Å². The second-order valence-corrected chi connectivity index (χ2v) is 8.14. The first-order valence-corrected chi connectivity index (χ1v) is 10.6. The van der Waals surface area contributed by atoms with Crippen LogP contribution in [0.3, 0.4) is 0 Å². The van der Waals surface area contributed by atoms with Crippen molar-refractivity contribution in [2.24, 2.45) is 5.92 Å². The Morgan fingerprint density at radius 2 is 2.10 bits per heavy atom. The van der Waals surface area contributed by atoms with Gasteiger partial charge >= 0.3 is 0 Å². The molecule has 1 aliphatic heterocycles. The van der Waals surface area contributed by atoms with E-state index in [4.69, 9.17) is 4.74 Å². The van der Waals surface area contributed by atoms with Gasteiger partial charge in [0, 0.05) is 26.1 Å². The summed E-state index contributed by atoms with van der Waals surface area (Å²) in [4.78, 5) is 26.9. The Kier molecular flexibility index (Phi) is 7.43. The maximum Gasteiger partial charge on any atom is 0.273 e. The highest BCUT2D eigenvalue weighted by Crippen LogP contribution is 2.23. The van der Waals surface area contributed by atoms with E-state index in [1.54, 1.807) is 18.0 Å². The summed E-state index contributed by atoms with van der Waals surface area (Å²) in [5.41, 5.74) is 1.35. The molecule has 2 amide bonds. The zero-order chi connectivity index (χ0) is 21.5. The highest BCUT2D eigenvalue weighted by molar-refractivity contribution is 5.91. The number of aryl methyl sites for hydroxylation is 1. The van der Waals surface area contributed by atoms with E-state index in [1.165, 1.54) is 0 Å². The SMILES string of the molecule is COc1ccccc1CCC(=O)N1CCC[C@@H](n2cc(C(=O)NCC(C)C)nn2)C1. The number of methoxy groups -OCH3 is 1. The van der Waals surface area contributed by atoms with E-state index in [-0.39, 0.29) is 17.9 Å². The molecule has 1 fully saturated rings. The van der Waals surface area contributed by atoms with Crippen molar-refractivity contribution in [2.75, 3.05) is 26.7 Å². The standard InChI is InChI=1S/C22H31N5O3/c1-16(2)13-23-22(29)19-15-27(25-24-19)18-8-6-12-26(14-18)21(28)11-10-17-7-4-5-9-20(17)30-3/h4-5,7,9,15-16,18H,6,8,10-14H2,1-3H3,(H,23,29)/t18-/m1/s1. The molecular weight excluding hydrogens is 382 g/mol. The summed E-state index contributed by atoms with van der Waals surface area (Å²) in [5, 5.41) is 11.0. The average Bonchev–Trinajstić information content (AvgIpc) is 3.26. The van der Waals surface area contributed by atoms with Gasteiger partial charge in [0.05, 0.1) is 19.3 Å². The minimum atomic E-state index is -0.212. The Balaban J connectivity index is 1.56. The first-order chi connectivity index (χ1) is 14.5. The number of amides is 2. The third-order valence-electron chi connectivity index (χ3n) is 5.34. The lowest BCUT2D eigenvalue weighted by Crippen LogP contribution is -2.41. The number of piperidine rings is 1. The third-order valence-corrected chi connectivity index (χ3v) is 5.34. The van der Waals surface area contributed by atoms with Crippen LogP contribution in [0.5, 0.6) is 5.75 Å². The number of hydrogen-bond acceptors (Lipinski definition) is 5. The molecule has 2 aromatic rings. The Morgan fingerprint density at radius 3 is 2.87 bits per heavy atom. The van der Waals surface area contributed by atoms with Gasteiger partial charge in [-0.3, -0.25) is 9.59 Å². The third kappa shape index (κ3) is 5.58. The molecule has 0 spiro atoms. The molecule has 0 bridgehead atoms. The average molecular weight is 414 g/mol. The summed E-state index contributed by atoms with van der Waals surface area (Å²) in [6.07, 6.45) is 4.58. The van der Waals surface area contributed by atoms with Crippen LogP contribution >= 0.6 is 0 Å². The van der Waals surface area contributed by atoms with Gasteiger partial charge in [0.2, 0.25) is 5.91 Å². The molecule has 0 unspecified atom stereocenters. The molecule has 1 N–H and O–H groups in total. The van der Waals surface area contributed by atoms with Gasteiger partial charge in [-0.2, -0.15) is 0 Å². The van der Waals surface area contributed by atoms with E-state index in [2.05, 4.69) is 15.6 Å². The fraction of sp³-hybridized carbons (Fsp3) is 0.545. The highest BCUT2D eigenvalue weighted by Gasteiger charge is 2.26. The number of aromatic nitrogens is 3. The van der Waals surface area contributed by atoms with Crippen LogP contribution in [-0.4, -0.2) is 58.5 Å². The van der Waals surface area contributed by atoms with Crippen LogP contribution in [-0.2, 0) is 11.2 Å². The lowest BCUT2D eigenvalue weighted by molar-refractivity contribution is -0.132. The van der Waals surface area contributed by atoms with Gasteiger partial charge in [0.1, 0.15) is 5.75 Å². The number of ether oxygens (including phenoxy) is 1. The molecule has 162 valence electrons. The van der Waals surface area contributed by atoms with Crippen molar-refractivity contribution < 1.29 is 14.3 Å². The predicted octanol–water partition coefficient (Wildman–Crippen LogP) is 2.47. The zero-order valence-corrected chi connectivity index (χ0v) is 18.0. The Labute approximate surface area is 177 Å². The molecule has 1 aliphatic rings. The molecule has 3 rings (SSSR count). The first-order valence-electron chi connectivity index (χ1n) is 10.6. The van der Waals surface area contributed by atoms with Crippen molar-refractivity contribution in [1.29, 1.82) is 0 Å². The van der Waals surface area contributed by atoms with Gasteiger partial charge in [-0.15, -0.1) is 5.10 Å². The number of nitrogens with one attached hydrogen (secondary N) is 1. The second kappa shape index (κ2) is 10.2. The number of likely N-dealkylation sites (tertiary alicyclic amines) is 1. The highest BCUT2D eigenvalue weighted by atomic mass is 16.5. The number of carbonyl (C=O) groups is 2. The largest absolute Gasteiger partial charge is 0.496 e. The Bertz CT molecular complexity index is 864. The van der Waals surface area contributed by atoms with Crippen LogP contribution in [0.15, 0.2) is 30.5 Å². The number of nitrogens with zero attached hydrogens (tertiary/aromatic N) is 4. The zero-order valence-electron chi connectivity index (χ0n) is 18.0. The van der Waals surface area contributed by atoms with Crippen LogP contribution in [0.1, 0.15) is 55.2 Å². The van der Waals surface area contributed by atoms with Crippen LogP contribution in [0.25, 0.3) is 0 Å². The summed E-state index contributed by atoms with van der Waals surface area (Å²) in [7, 11) is 1.64. The molecule has 1 aromatic carbocycles. The van der Waals surface area contributed by atoms with Crippen molar-refractivity contribution in [2.45, 2.75) is 45.6 Å². The normalized spacial score (nSPS) is 16.5. The molecule has 0 radical (unpaired) electrons. The van der Waals surface area contributed by atoms with E-state index < -0.39 is 0 Å². The summed E-state index contributed by atoms with van der Waals surface area (Å²) < 4.78 is 7.10. The molecule has 0 saturated carbocycles. The fourth-order valence-electron chi connectivity index (χ4n) is 3.65. The molecule has 8 heteroatoms. The quantitative estimate of drug-likeness (QED) is 0.718. The van der Waals surface area contributed by atoms with Gasteiger partial charge in [0.15, 0.2) is 5.69 Å². The minimum absolute atomic E-state index is 0.0353. The van der Waals surface area contributed by atoms with Gasteiger partial charge in [0.25, 0.3) is 5.91 Å². The van der Waals surface area contributed by atoms with E-state index >= 15 is 0 Å². The van der Waals surface area contributed by atoms with E-state index in [1.807, 2.05) is 43.0 Å². The Morgan fingerprint density at radius 1 is 1.30 bits per heavy atom. The van der Waals surface area contributed by atoms with Gasteiger partial charge in [-0.25, -0.2) is 4.68 Å². The monoisotopic (exact) mass is 413 g/mol. The lowest BCUT2D eigenvalue weighted by atomic mass is 10.0. The van der Waals surface area contributed by atoms with Crippen LogP contribution in [0, 0.1) is 5.92 Å². The number of hydrogen-bond donors (Lipinski definition) is 1. The fourth-order valence-corrected chi connectivity index (χ4v) is 3.65. The van der Waals surface area contributed by atoms with Crippen molar-refractivity contribution in [3.63, 3.8) is 0 Å². The summed E-state index contributed by atoms with van der Waals surface area (Å²) in [5.74, 6) is 1.10. The maximum absolute atomic E-state index is 12.8. The molecular formula is C22H31N5O3. The van der Waals surface area contributed by atoms with Gasteiger partial charge in [-0.1, -0.05) is 37.3 Å². The second-order valence-electron chi connectivity index (χ2n) is 8.14. The maximum atomic E-state index is 12.8. The molecule has 8 nitrogen and oxygen atoms in total. The molecule has 0 aliphatic carbocycles. The van der Waals surface area contributed by atoms with E-state index in [0.717, 1.165) is 30.7 Å². The van der Waals surface area contributed by atoms with Crippen LogP contribution < -0.4 is 10.1 Å². The summed E-state index contributed by atoms with van der Waals surface area (Å²) in [6, 6.07) is 7.82. The van der Waals surface area contributed by atoms with E-state index in [0.29, 0.717) is 37.5 Å². The smallest absolute Gasteiger partial charge is 0.273 e. The molecule has 1 saturated heterocycles. The number of carbonyl (C=O) groups excluding carboxylic acids is 2. The molecule has 2 heterocycles. The molecule has 30 heavy (non-hydrogen) atoms. The lowest BCUT2D eigenvalue weighted by Gasteiger charge is -2.32. The molecule has 1 atom stereocenters. The van der Waals surface area contributed by atoms with Gasteiger partial charge in [-0.05, 0) is 36.8 Å². The first kappa shape index (κ1) is 21.8. The molecule has 1 aromatic heterocycles. The van der Waals surface area contributed by atoms with Gasteiger partial charge < -0.3 is 15.0 Å². The van der Waals surface area contributed by atoms with Crippen LogP contribution in [0.4, 0.5) is 0 Å². The van der Waals surface area contributed by atoms with Crippen molar-refractivity contribution in [3.05, 3.63) is 41.7 Å². The number of para-hydroxylation sites is 1.